The van der Waals surface area contributed by atoms with Gasteiger partial charge in [-0.2, -0.15) is 0 Å². The number of quaternary nitrogens is 1. The number of likely N-dealkylation sites (N-methyl/N-ethyl adjacent to an activating group) is 1. The molecule has 24 heavy (non-hydrogen) atoms. The van der Waals surface area contributed by atoms with Crippen molar-refractivity contribution in [3.8, 4) is 0 Å². The molecular formula is C17H25ClN3O3+. The van der Waals surface area contributed by atoms with Crippen LogP contribution in [0.2, 0.25) is 5.02 Å². The maximum Gasteiger partial charge on any atom is 0.279 e. The lowest BCUT2D eigenvalue weighted by Crippen LogP contribution is -3.11. The van der Waals surface area contributed by atoms with E-state index in [1.165, 1.54) is 0 Å². The van der Waals surface area contributed by atoms with Crippen LogP contribution in [0.3, 0.4) is 0 Å². The van der Waals surface area contributed by atoms with Crippen molar-refractivity contribution in [1.82, 2.24) is 4.90 Å². The number of para-hydroxylation sites is 1. The first-order valence-corrected chi connectivity index (χ1v) is 8.52. The molecule has 0 aliphatic carbocycles. The number of morpholine rings is 1. The van der Waals surface area contributed by atoms with Gasteiger partial charge in [0.15, 0.2) is 13.1 Å². The molecule has 1 unspecified atom stereocenters. The number of anilines is 1. The van der Waals surface area contributed by atoms with Gasteiger partial charge in [-0.05, 0) is 26.0 Å². The van der Waals surface area contributed by atoms with Gasteiger partial charge in [-0.25, -0.2) is 0 Å². The summed E-state index contributed by atoms with van der Waals surface area (Å²) in [5.74, 6) is -0.128. The summed E-state index contributed by atoms with van der Waals surface area (Å²) in [7, 11) is 1.83. The van der Waals surface area contributed by atoms with Crippen molar-refractivity contribution in [3.63, 3.8) is 0 Å². The number of carbonyl (C=O) groups excluding carboxylic acids is 2. The molecule has 0 saturated carbocycles. The number of nitrogens with zero attached hydrogens (tertiary/aromatic N) is 1. The van der Waals surface area contributed by atoms with Crippen molar-refractivity contribution in [2.45, 2.75) is 26.1 Å². The summed E-state index contributed by atoms with van der Waals surface area (Å²) in [6.45, 7) is 5.60. The normalized spacial score (nSPS) is 22.1. The van der Waals surface area contributed by atoms with Crippen LogP contribution < -0.4 is 10.2 Å². The van der Waals surface area contributed by atoms with E-state index in [9.17, 15) is 9.59 Å². The van der Waals surface area contributed by atoms with E-state index >= 15 is 0 Å². The summed E-state index contributed by atoms with van der Waals surface area (Å²) in [6.07, 6.45) is 0.0862. The average Bonchev–Trinajstić information content (AvgIpc) is 2.48. The van der Waals surface area contributed by atoms with Gasteiger partial charge < -0.3 is 19.9 Å². The SMILES string of the molecule is C[C@H]1CN(C(=O)C[NH+](C)CC(=O)Nc2ccccc2Cl)C[C@H](C)O1. The number of ether oxygens (including phenoxy) is 1. The molecule has 2 rings (SSSR count). The summed E-state index contributed by atoms with van der Waals surface area (Å²) in [5.41, 5.74) is 0.583. The van der Waals surface area contributed by atoms with E-state index in [-0.39, 0.29) is 37.1 Å². The van der Waals surface area contributed by atoms with Gasteiger partial charge in [-0.1, -0.05) is 23.7 Å². The maximum absolute atomic E-state index is 12.4. The second kappa shape index (κ2) is 8.46. The van der Waals surface area contributed by atoms with E-state index in [0.29, 0.717) is 23.8 Å². The van der Waals surface area contributed by atoms with E-state index in [1.54, 1.807) is 18.2 Å². The van der Waals surface area contributed by atoms with Gasteiger partial charge in [0.25, 0.3) is 11.8 Å². The van der Waals surface area contributed by atoms with E-state index < -0.39 is 0 Å². The lowest BCUT2D eigenvalue weighted by Gasteiger charge is -2.35. The van der Waals surface area contributed by atoms with Crippen molar-refractivity contribution in [2.75, 3.05) is 38.5 Å². The van der Waals surface area contributed by atoms with Crippen LogP contribution in [-0.4, -0.2) is 62.1 Å². The zero-order valence-corrected chi connectivity index (χ0v) is 15.1. The highest BCUT2D eigenvalue weighted by atomic mass is 35.5. The highest BCUT2D eigenvalue weighted by Crippen LogP contribution is 2.19. The lowest BCUT2D eigenvalue weighted by molar-refractivity contribution is -0.862. The van der Waals surface area contributed by atoms with Crippen LogP contribution in [0.4, 0.5) is 5.69 Å². The molecule has 2 amide bonds. The molecule has 1 aromatic rings. The zero-order valence-electron chi connectivity index (χ0n) is 14.3. The summed E-state index contributed by atoms with van der Waals surface area (Å²) >= 11 is 6.02. The number of amides is 2. The molecule has 0 spiro atoms. The third kappa shape index (κ3) is 5.47. The van der Waals surface area contributed by atoms with E-state index in [0.717, 1.165) is 4.90 Å². The molecule has 1 aliphatic heterocycles. The van der Waals surface area contributed by atoms with E-state index in [4.69, 9.17) is 16.3 Å². The van der Waals surface area contributed by atoms with Crippen molar-refractivity contribution >= 4 is 29.1 Å². The molecule has 0 radical (unpaired) electrons. The maximum atomic E-state index is 12.4. The van der Waals surface area contributed by atoms with E-state index in [1.807, 2.05) is 31.9 Å². The van der Waals surface area contributed by atoms with Crippen molar-refractivity contribution in [2.24, 2.45) is 0 Å². The third-order valence-electron chi connectivity index (χ3n) is 3.84. The Hall–Kier alpha value is -1.63. The molecule has 6 nitrogen and oxygen atoms in total. The largest absolute Gasteiger partial charge is 0.372 e. The number of hydrogen-bond donors (Lipinski definition) is 2. The highest BCUT2D eigenvalue weighted by Gasteiger charge is 2.27. The number of hydrogen-bond acceptors (Lipinski definition) is 3. The molecular weight excluding hydrogens is 330 g/mol. The predicted octanol–water partition coefficient (Wildman–Crippen LogP) is 0.429. The van der Waals surface area contributed by atoms with Gasteiger partial charge >= 0.3 is 0 Å². The fourth-order valence-electron chi connectivity index (χ4n) is 2.85. The molecule has 0 aromatic heterocycles. The summed E-state index contributed by atoms with van der Waals surface area (Å²) in [4.78, 5) is 27.1. The number of halogens is 1. The second-order valence-corrected chi connectivity index (χ2v) is 6.80. The lowest BCUT2D eigenvalue weighted by atomic mass is 10.2. The van der Waals surface area contributed by atoms with Gasteiger partial charge in [-0.3, -0.25) is 9.59 Å². The van der Waals surface area contributed by atoms with E-state index in [2.05, 4.69) is 5.32 Å². The third-order valence-corrected chi connectivity index (χ3v) is 4.17. The monoisotopic (exact) mass is 354 g/mol. The van der Waals surface area contributed by atoms with Crippen LogP contribution in [0.15, 0.2) is 24.3 Å². The Balaban J connectivity index is 1.81. The molecule has 1 heterocycles. The molecule has 2 N–H and O–H groups in total. The smallest absolute Gasteiger partial charge is 0.279 e. The molecule has 3 atom stereocenters. The van der Waals surface area contributed by atoms with Gasteiger partial charge in [-0.15, -0.1) is 0 Å². The number of carbonyl (C=O) groups is 2. The number of nitrogens with one attached hydrogen (secondary N) is 2. The minimum absolute atomic E-state index is 0.0417. The van der Waals surface area contributed by atoms with Crippen LogP contribution >= 0.6 is 11.6 Å². The van der Waals surface area contributed by atoms with Gasteiger partial charge in [0.05, 0.1) is 30.0 Å². The first-order chi connectivity index (χ1) is 11.3. The number of rotatable bonds is 5. The Bertz CT molecular complexity index is 586. The molecule has 1 aliphatic rings. The molecule has 1 fully saturated rings. The predicted molar refractivity (Wildman–Crippen MR) is 93.3 cm³/mol. The molecule has 7 heteroatoms. The van der Waals surface area contributed by atoms with Gasteiger partial charge in [0, 0.05) is 13.1 Å². The Morgan fingerprint density at radius 2 is 1.88 bits per heavy atom. The average molecular weight is 355 g/mol. The van der Waals surface area contributed by atoms with Crippen LogP contribution in [0.1, 0.15) is 13.8 Å². The molecule has 132 valence electrons. The van der Waals surface area contributed by atoms with Crippen molar-refractivity contribution in [3.05, 3.63) is 29.3 Å². The second-order valence-electron chi connectivity index (χ2n) is 6.39. The van der Waals surface area contributed by atoms with Crippen molar-refractivity contribution < 1.29 is 19.2 Å². The summed E-state index contributed by atoms with van der Waals surface area (Å²) in [5, 5.41) is 3.27. The summed E-state index contributed by atoms with van der Waals surface area (Å²) in [6, 6.07) is 7.08. The fourth-order valence-corrected chi connectivity index (χ4v) is 3.03. The summed E-state index contributed by atoms with van der Waals surface area (Å²) < 4.78 is 5.64. The highest BCUT2D eigenvalue weighted by molar-refractivity contribution is 6.33. The minimum atomic E-state index is -0.169. The van der Waals surface area contributed by atoms with Gasteiger partial charge in [0.2, 0.25) is 0 Å². The Kier molecular flexibility index (Phi) is 6.60. The first-order valence-electron chi connectivity index (χ1n) is 8.14. The molecule has 0 bridgehead atoms. The molecule has 1 aromatic carbocycles. The van der Waals surface area contributed by atoms with Crippen LogP contribution in [0.25, 0.3) is 0 Å². The Morgan fingerprint density at radius 1 is 1.25 bits per heavy atom. The van der Waals surface area contributed by atoms with Crippen molar-refractivity contribution in [1.29, 1.82) is 0 Å². The Morgan fingerprint density at radius 3 is 2.50 bits per heavy atom. The molecule has 1 saturated heterocycles. The fraction of sp³-hybridized carbons (Fsp3) is 0.529. The topological polar surface area (TPSA) is 63.1 Å². The number of benzene rings is 1. The quantitative estimate of drug-likeness (QED) is 0.806. The van der Waals surface area contributed by atoms with Crippen LogP contribution in [-0.2, 0) is 14.3 Å². The van der Waals surface area contributed by atoms with Crippen LogP contribution in [0, 0.1) is 0 Å². The van der Waals surface area contributed by atoms with Gasteiger partial charge in [0.1, 0.15) is 0 Å². The first kappa shape index (κ1) is 18.7. The van der Waals surface area contributed by atoms with Crippen LogP contribution in [0.5, 0.6) is 0 Å². The zero-order chi connectivity index (χ0) is 17.7. The minimum Gasteiger partial charge on any atom is -0.372 e. The standard InChI is InChI=1S/C17H24ClN3O3/c1-12-8-21(9-13(2)24-12)17(23)11-20(3)10-16(22)19-15-7-5-4-6-14(15)18/h4-7,12-13H,8-11H2,1-3H3,(H,19,22)/p+1/t12-,13-/m0/s1. The Labute approximate surface area is 147 Å².